The lowest BCUT2D eigenvalue weighted by atomic mass is 9.53. The molecule has 2 N–H and O–H groups in total. The third-order valence-corrected chi connectivity index (χ3v) is 8.55. The molecule has 2 saturated carbocycles. The van der Waals surface area contributed by atoms with Crippen molar-refractivity contribution in [1.82, 2.24) is 4.90 Å². The molecule has 0 aromatic heterocycles. The first-order valence-corrected chi connectivity index (χ1v) is 11.7. The van der Waals surface area contributed by atoms with Crippen molar-refractivity contribution >= 4 is 17.9 Å². The molecule has 9 nitrogen and oxygen atoms in total. The second kappa shape index (κ2) is 8.91. The summed E-state index contributed by atoms with van der Waals surface area (Å²) in [5, 5.41) is 14.8. The maximum absolute atomic E-state index is 12.8. The molecule has 0 radical (unpaired) electrons. The lowest BCUT2D eigenvalue weighted by molar-refractivity contribution is -0.159. The molecular weight excluding hydrogens is 418 g/mol. The van der Waals surface area contributed by atoms with Crippen molar-refractivity contribution in [2.45, 2.75) is 69.6 Å². The van der Waals surface area contributed by atoms with Crippen molar-refractivity contribution in [2.24, 2.45) is 23.2 Å². The average molecular weight is 454 g/mol. The standard InChI is InChI=1S/C21H33NO4.C2H2O4/c1-20-6-4-7-21(13-25-21)18(20)9-15-16(19(23)26-17(15)10-20)11-22-8-3-5-14(22)12-24-2;3-1(4)2(5)6/h14-18H,3-13H2,1-2H3;(H,3,4)(H,5,6)/t14?,15-,16?,17-,18?,20-,21?;/m1./s1. The highest BCUT2D eigenvalue weighted by Gasteiger charge is 2.65. The summed E-state index contributed by atoms with van der Waals surface area (Å²) < 4.78 is 17.4. The fraction of sp³-hybridized carbons (Fsp3) is 0.870. The van der Waals surface area contributed by atoms with Gasteiger partial charge in [-0.2, -0.15) is 0 Å². The number of rotatable bonds is 4. The summed E-state index contributed by atoms with van der Waals surface area (Å²) in [4.78, 5) is 33.4. The van der Waals surface area contributed by atoms with Crippen molar-refractivity contribution < 1.29 is 38.8 Å². The van der Waals surface area contributed by atoms with Gasteiger partial charge in [-0.25, -0.2) is 9.59 Å². The van der Waals surface area contributed by atoms with E-state index in [1.165, 1.54) is 32.1 Å². The van der Waals surface area contributed by atoms with Crippen molar-refractivity contribution in [3.05, 3.63) is 0 Å². The van der Waals surface area contributed by atoms with Crippen LogP contribution in [0.4, 0.5) is 0 Å². The highest BCUT2D eigenvalue weighted by molar-refractivity contribution is 6.27. The summed E-state index contributed by atoms with van der Waals surface area (Å²) in [6, 6.07) is 0.466. The number of ether oxygens (including phenoxy) is 3. The molecule has 32 heavy (non-hydrogen) atoms. The van der Waals surface area contributed by atoms with Crippen molar-refractivity contribution in [3.8, 4) is 0 Å². The molecule has 4 unspecified atom stereocenters. The fourth-order valence-electron chi connectivity index (χ4n) is 6.93. The molecule has 5 fully saturated rings. The number of methoxy groups -OCH3 is 1. The van der Waals surface area contributed by atoms with Gasteiger partial charge in [0.25, 0.3) is 0 Å². The van der Waals surface area contributed by atoms with Gasteiger partial charge in [0, 0.05) is 25.6 Å². The third-order valence-electron chi connectivity index (χ3n) is 8.55. The molecule has 1 spiro atoms. The van der Waals surface area contributed by atoms with Gasteiger partial charge in [-0.1, -0.05) is 6.92 Å². The first-order valence-electron chi connectivity index (χ1n) is 11.7. The van der Waals surface area contributed by atoms with Gasteiger partial charge in [-0.3, -0.25) is 9.69 Å². The Morgan fingerprint density at radius 1 is 1.22 bits per heavy atom. The molecule has 0 amide bonds. The largest absolute Gasteiger partial charge is 0.473 e. The molecule has 3 aliphatic heterocycles. The molecule has 180 valence electrons. The van der Waals surface area contributed by atoms with Crippen LogP contribution in [-0.4, -0.2) is 84.2 Å². The fourth-order valence-corrected chi connectivity index (χ4v) is 6.93. The Balaban J connectivity index is 0.000000363. The van der Waals surface area contributed by atoms with Gasteiger partial charge < -0.3 is 24.4 Å². The minimum atomic E-state index is -1.82. The van der Waals surface area contributed by atoms with E-state index in [-0.39, 0.29) is 29.0 Å². The van der Waals surface area contributed by atoms with E-state index in [2.05, 4.69) is 11.8 Å². The Morgan fingerprint density at radius 3 is 2.56 bits per heavy atom. The number of esters is 1. The van der Waals surface area contributed by atoms with Crippen molar-refractivity contribution in [1.29, 1.82) is 0 Å². The summed E-state index contributed by atoms with van der Waals surface area (Å²) in [6.45, 7) is 6.07. The van der Waals surface area contributed by atoms with Crippen LogP contribution in [0.25, 0.3) is 0 Å². The van der Waals surface area contributed by atoms with Crippen LogP contribution in [0.1, 0.15) is 51.9 Å². The molecule has 0 bridgehead atoms. The summed E-state index contributed by atoms with van der Waals surface area (Å²) in [7, 11) is 1.77. The normalized spacial score (nSPS) is 42.4. The van der Waals surface area contributed by atoms with Crippen LogP contribution in [0.3, 0.4) is 0 Å². The minimum absolute atomic E-state index is 0.0414. The van der Waals surface area contributed by atoms with E-state index in [0.717, 1.165) is 39.1 Å². The van der Waals surface area contributed by atoms with E-state index >= 15 is 0 Å². The number of likely N-dealkylation sites (tertiary alicyclic amines) is 1. The van der Waals surface area contributed by atoms with Crippen LogP contribution >= 0.6 is 0 Å². The number of fused-ring (bicyclic) bond motifs is 3. The van der Waals surface area contributed by atoms with Crippen LogP contribution < -0.4 is 0 Å². The SMILES string of the molecule is COCC1CCCN1CC1C(=O)O[C@@H]2C[C@@]3(C)CCCC4(CO4)C3C[C@H]12.O=C(O)C(=O)O. The monoisotopic (exact) mass is 453 g/mol. The average Bonchev–Trinajstić information content (AvgIpc) is 3.25. The van der Waals surface area contributed by atoms with Gasteiger partial charge in [-0.15, -0.1) is 0 Å². The Bertz CT molecular complexity index is 740. The highest BCUT2D eigenvalue weighted by Crippen LogP contribution is 2.62. The number of hydrogen-bond donors (Lipinski definition) is 2. The van der Waals surface area contributed by atoms with Crippen molar-refractivity contribution in [3.63, 3.8) is 0 Å². The highest BCUT2D eigenvalue weighted by atomic mass is 16.6. The topological polar surface area (TPSA) is 126 Å². The third kappa shape index (κ3) is 4.39. The number of epoxide rings is 1. The predicted octanol–water partition coefficient (Wildman–Crippen LogP) is 1.78. The van der Waals surface area contributed by atoms with E-state index in [4.69, 9.17) is 34.0 Å². The van der Waals surface area contributed by atoms with E-state index in [0.29, 0.717) is 17.9 Å². The molecular formula is C23H35NO8. The van der Waals surface area contributed by atoms with E-state index < -0.39 is 11.9 Å². The molecule has 0 aromatic carbocycles. The predicted molar refractivity (Wildman–Crippen MR) is 112 cm³/mol. The van der Waals surface area contributed by atoms with Crippen LogP contribution in [0.2, 0.25) is 0 Å². The number of hydrogen-bond acceptors (Lipinski definition) is 7. The lowest BCUT2D eigenvalue weighted by Crippen LogP contribution is -2.51. The van der Waals surface area contributed by atoms with Gasteiger partial charge in [0.05, 0.1) is 24.7 Å². The zero-order valence-corrected chi connectivity index (χ0v) is 19.0. The van der Waals surface area contributed by atoms with Gasteiger partial charge in [0.15, 0.2) is 0 Å². The quantitative estimate of drug-likeness (QED) is 0.372. The molecule has 3 saturated heterocycles. The van der Waals surface area contributed by atoms with Gasteiger partial charge in [0.2, 0.25) is 0 Å². The zero-order chi connectivity index (χ0) is 23.1. The van der Waals surface area contributed by atoms with Gasteiger partial charge >= 0.3 is 17.9 Å². The van der Waals surface area contributed by atoms with Crippen LogP contribution in [0.5, 0.6) is 0 Å². The summed E-state index contributed by atoms with van der Waals surface area (Å²) in [5.74, 6) is -2.57. The number of aliphatic carboxylic acids is 2. The number of carbonyl (C=O) groups is 3. The van der Waals surface area contributed by atoms with E-state index in [1.54, 1.807) is 7.11 Å². The Hall–Kier alpha value is -1.71. The summed E-state index contributed by atoms with van der Waals surface area (Å²) in [6.07, 6.45) is 8.41. The number of carboxylic acid groups (broad SMARTS) is 2. The summed E-state index contributed by atoms with van der Waals surface area (Å²) in [5.41, 5.74) is 0.428. The molecule has 3 heterocycles. The van der Waals surface area contributed by atoms with Crippen LogP contribution in [0.15, 0.2) is 0 Å². The van der Waals surface area contributed by atoms with Gasteiger partial charge in [-0.05, 0) is 62.8 Å². The van der Waals surface area contributed by atoms with Crippen molar-refractivity contribution in [2.75, 3.05) is 33.4 Å². The first kappa shape index (κ1) is 23.4. The Morgan fingerprint density at radius 2 is 1.94 bits per heavy atom. The second-order valence-electron chi connectivity index (χ2n) is 10.5. The Labute approximate surface area is 188 Å². The summed E-state index contributed by atoms with van der Waals surface area (Å²) >= 11 is 0. The smallest absolute Gasteiger partial charge is 0.414 e. The molecule has 9 heteroatoms. The first-order chi connectivity index (χ1) is 15.2. The second-order valence-corrected chi connectivity index (χ2v) is 10.5. The number of carbonyl (C=O) groups excluding carboxylic acids is 1. The Kier molecular flexibility index (Phi) is 6.53. The van der Waals surface area contributed by atoms with E-state index in [1.807, 2.05) is 0 Å². The zero-order valence-electron chi connectivity index (χ0n) is 19.0. The number of nitrogens with zero attached hydrogens (tertiary/aromatic N) is 1. The van der Waals surface area contributed by atoms with E-state index in [9.17, 15) is 4.79 Å². The molecule has 2 aliphatic carbocycles. The van der Waals surface area contributed by atoms with Gasteiger partial charge in [0.1, 0.15) is 6.10 Å². The number of carboxylic acids is 2. The molecule has 5 rings (SSSR count). The van der Waals surface area contributed by atoms with Crippen LogP contribution in [0, 0.1) is 23.2 Å². The maximum atomic E-state index is 12.8. The lowest BCUT2D eigenvalue weighted by Gasteiger charge is -2.51. The molecule has 0 aromatic rings. The minimum Gasteiger partial charge on any atom is -0.473 e. The van der Waals surface area contributed by atoms with Crippen LogP contribution in [-0.2, 0) is 28.6 Å². The molecule has 5 aliphatic rings. The molecule has 7 atom stereocenters. The maximum Gasteiger partial charge on any atom is 0.414 e.